The van der Waals surface area contributed by atoms with Crippen LogP contribution in [0.5, 0.6) is 0 Å². The summed E-state index contributed by atoms with van der Waals surface area (Å²) < 4.78 is 0. The Hall–Kier alpha value is -2.21. The zero-order valence-corrected chi connectivity index (χ0v) is 17.0. The molecule has 0 unspecified atom stereocenters. The van der Waals surface area contributed by atoms with E-state index < -0.39 is 0 Å². The van der Waals surface area contributed by atoms with Crippen LogP contribution in [0.3, 0.4) is 0 Å². The number of aromatic nitrogens is 1. The highest BCUT2D eigenvalue weighted by molar-refractivity contribution is 7.12. The van der Waals surface area contributed by atoms with Crippen LogP contribution in [0.15, 0.2) is 29.6 Å². The Balaban J connectivity index is 1.73. The molecule has 0 saturated carbocycles. The van der Waals surface area contributed by atoms with Gasteiger partial charge in [0.2, 0.25) is 0 Å². The summed E-state index contributed by atoms with van der Waals surface area (Å²) >= 11 is 1.48. The largest absolute Gasteiger partial charge is 0.350 e. The average molecular weight is 386 g/mol. The molecule has 1 N–H and O–H groups in total. The Labute approximate surface area is 164 Å². The molecule has 0 radical (unpaired) electrons. The molecule has 1 aliphatic rings. The van der Waals surface area contributed by atoms with Crippen molar-refractivity contribution in [3.8, 4) is 0 Å². The van der Waals surface area contributed by atoms with Gasteiger partial charge in [0, 0.05) is 30.7 Å². The van der Waals surface area contributed by atoms with Crippen molar-refractivity contribution >= 4 is 23.2 Å². The zero-order valence-electron chi connectivity index (χ0n) is 16.2. The summed E-state index contributed by atoms with van der Waals surface area (Å²) in [7, 11) is 0. The van der Waals surface area contributed by atoms with E-state index in [-0.39, 0.29) is 23.8 Å². The van der Waals surface area contributed by atoms with E-state index in [4.69, 9.17) is 4.98 Å². The molecule has 144 valence electrons. The van der Waals surface area contributed by atoms with Crippen molar-refractivity contribution in [2.45, 2.75) is 52.0 Å². The number of carbonyl (C=O) groups is 2. The van der Waals surface area contributed by atoms with Gasteiger partial charge in [0.05, 0.1) is 16.1 Å². The number of hydrogen-bond donors (Lipinski definition) is 1. The molecule has 1 atom stereocenters. The van der Waals surface area contributed by atoms with E-state index >= 15 is 0 Å². The van der Waals surface area contributed by atoms with Gasteiger partial charge in [-0.1, -0.05) is 13.0 Å². The molecule has 27 heavy (non-hydrogen) atoms. The summed E-state index contributed by atoms with van der Waals surface area (Å²) in [6.45, 7) is 7.41. The maximum atomic E-state index is 12.7. The number of hydrogen-bond acceptors (Lipinski definition) is 4. The van der Waals surface area contributed by atoms with Crippen molar-refractivity contribution in [2.24, 2.45) is 0 Å². The third kappa shape index (κ3) is 4.56. The fourth-order valence-corrected chi connectivity index (χ4v) is 4.09. The highest BCUT2D eigenvalue weighted by Crippen LogP contribution is 2.30. The molecule has 2 aromatic rings. The van der Waals surface area contributed by atoms with Crippen LogP contribution in [0.1, 0.15) is 70.4 Å². The highest BCUT2D eigenvalue weighted by atomic mass is 32.1. The van der Waals surface area contributed by atoms with E-state index in [1.807, 2.05) is 48.4 Å². The van der Waals surface area contributed by atoms with E-state index in [0.717, 1.165) is 35.5 Å². The van der Waals surface area contributed by atoms with Crippen LogP contribution in [-0.4, -0.2) is 40.8 Å². The Bertz CT molecular complexity index is 796. The molecule has 0 aliphatic carbocycles. The molecule has 1 aliphatic heterocycles. The molecule has 2 amide bonds. The molecule has 1 fully saturated rings. The fraction of sp³-hybridized carbons (Fsp3) is 0.476. The van der Waals surface area contributed by atoms with Gasteiger partial charge >= 0.3 is 0 Å². The quantitative estimate of drug-likeness (QED) is 0.846. The van der Waals surface area contributed by atoms with E-state index in [1.54, 1.807) is 0 Å². The minimum atomic E-state index is -0.0519. The normalized spacial score (nSPS) is 16.2. The predicted octanol–water partition coefficient (Wildman–Crippen LogP) is 4.00. The van der Waals surface area contributed by atoms with Gasteiger partial charge in [-0.3, -0.25) is 14.6 Å². The maximum Gasteiger partial charge on any atom is 0.263 e. The van der Waals surface area contributed by atoms with E-state index in [2.05, 4.69) is 12.2 Å². The van der Waals surface area contributed by atoms with Crippen LogP contribution in [0, 0.1) is 6.92 Å². The molecule has 0 bridgehead atoms. The van der Waals surface area contributed by atoms with Gasteiger partial charge in [0.1, 0.15) is 0 Å². The van der Waals surface area contributed by atoms with Gasteiger partial charge in [-0.2, -0.15) is 0 Å². The Morgan fingerprint density at radius 3 is 2.67 bits per heavy atom. The Kier molecular flexibility index (Phi) is 6.26. The lowest BCUT2D eigenvalue weighted by atomic mass is 9.89. The summed E-state index contributed by atoms with van der Waals surface area (Å²) in [5.74, 6) is 0.259. The van der Waals surface area contributed by atoms with Gasteiger partial charge in [0.25, 0.3) is 11.8 Å². The predicted molar refractivity (Wildman–Crippen MR) is 108 cm³/mol. The summed E-state index contributed by atoms with van der Waals surface area (Å²) in [6, 6.07) is 7.70. The van der Waals surface area contributed by atoms with Crippen molar-refractivity contribution in [3.05, 3.63) is 51.5 Å². The number of carbonyl (C=O) groups excluding carboxylic acids is 2. The first-order chi connectivity index (χ1) is 13.0. The first-order valence-electron chi connectivity index (χ1n) is 9.60. The second-order valence-electron chi connectivity index (χ2n) is 7.21. The number of nitrogens with one attached hydrogen (secondary N) is 1. The van der Waals surface area contributed by atoms with Crippen molar-refractivity contribution in [3.63, 3.8) is 0 Å². The van der Waals surface area contributed by atoms with E-state index in [1.165, 1.54) is 11.3 Å². The molecule has 1 saturated heterocycles. The number of likely N-dealkylation sites (tertiary alicyclic amines) is 1. The second kappa shape index (κ2) is 8.65. The van der Waals surface area contributed by atoms with Crippen molar-refractivity contribution < 1.29 is 9.59 Å². The molecular weight excluding hydrogens is 358 g/mol. The number of aryl methyl sites for hydroxylation is 1. The molecule has 0 aromatic carbocycles. The third-order valence-corrected chi connectivity index (χ3v) is 6.06. The first kappa shape index (κ1) is 19.5. The summed E-state index contributed by atoms with van der Waals surface area (Å²) in [5.41, 5.74) is 2.46. The topological polar surface area (TPSA) is 62.3 Å². The Morgan fingerprint density at radius 1 is 1.30 bits per heavy atom. The minimum absolute atomic E-state index is 0.0519. The maximum absolute atomic E-state index is 12.7. The molecule has 2 aromatic heterocycles. The summed E-state index contributed by atoms with van der Waals surface area (Å²) in [6.07, 6.45) is 2.55. The fourth-order valence-electron chi connectivity index (χ4n) is 3.40. The first-order valence-corrected chi connectivity index (χ1v) is 10.5. The lowest BCUT2D eigenvalue weighted by Gasteiger charge is -2.32. The molecule has 3 heterocycles. The van der Waals surface area contributed by atoms with Crippen LogP contribution in [0.4, 0.5) is 0 Å². The molecule has 5 nitrogen and oxygen atoms in total. The van der Waals surface area contributed by atoms with Crippen LogP contribution in [-0.2, 0) is 0 Å². The van der Waals surface area contributed by atoms with Crippen molar-refractivity contribution in [2.75, 3.05) is 13.1 Å². The molecule has 0 spiro atoms. The van der Waals surface area contributed by atoms with Crippen LogP contribution in [0.2, 0.25) is 0 Å². The monoisotopic (exact) mass is 385 g/mol. The van der Waals surface area contributed by atoms with Crippen molar-refractivity contribution in [1.29, 1.82) is 0 Å². The van der Waals surface area contributed by atoms with Gasteiger partial charge < -0.3 is 10.2 Å². The summed E-state index contributed by atoms with van der Waals surface area (Å²) in [4.78, 5) is 32.7. The molecular formula is C21H27N3O2S. The average Bonchev–Trinajstić information content (AvgIpc) is 3.22. The van der Waals surface area contributed by atoms with E-state index in [9.17, 15) is 9.59 Å². The molecule has 6 heteroatoms. The van der Waals surface area contributed by atoms with Gasteiger partial charge in [0.15, 0.2) is 0 Å². The number of pyridine rings is 1. The number of nitrogens with zero attached hydrogens (tertiary/aromatic N) is 2. The van der Waals surface area contributed by atoms with Crippen LogP contribution < -0.4 is 5.32 Å². The second-order valence-corrected chi connectivity index (χ2v) is 8.16. The van der Waals surface area contributed by atoms with Gasteiger partial charge in [-0.15, -0.1) is 11.3 Å². The Morgan fingerprint density at radius 2 is 2.04 bits per heavy atom. The lowest BCUT2D eigenvalue weighted by molar-refractivity contribution is 0.0715. The number of amides is 2. The van der Waals surface area contributed by atoms with Crippen LogP contribution in [0.25, 0.3) is 0 Å². The van der Waals surface area contributed by atoms with Crippen LogP contribution >= 0.6 is 11.3 Å². The van der Waals surface area contributed by atoms with E-state index in [0.29, 0.717) is 18.7 Å². The van der Waals surface area contributed by atoms with Gasteiger partial charge in [-0.25, -0.2) is 0 Å². The standard InChI is InChI=1S/C21H27N3O2S/c1-4-14(2)23-20(25)17-8-7-15(3)22-19(17)16-9-11-24(12-10-16)21(26)18-6-5-13-27-18/h5-8,13-14,16H,4,9-12H2,1-3H3,(H,23,25)/t14-/m0/s1. The smallest absolute Gasteiger partial charge is 0.263 e. The lowest BCUT2D eigenvalue weighted by Crippen LogP contribution is -2.38. The van der Waals surface area contributed by atoms with Gasteiger partial charge in [-0.05, 0) is 56.7 Å². The minimum Gasteiger partial charge on any atom is -0.350 e. The highest BCUT2D eigenvalue weighted by Gasteiger charge is 2.28. The third-order valence-electron chi connectivity index (χ3n) is 5.20. The zero-order chi connectivity index (χ0) is 19.4. The summed E-state index contributed by atoms with van der Waals surface area (Å²) in [5, 5.41) is 4.98. The number of thiophene rings is 1. The SMILES string of the molecule is CC[C@H](C)NC(=O)c1ccc(C)nc1C1CCN(C(=O)c2cccs2)CC1. The number of piperidine rings is 1. The van der Waals surface area contributed by atoms with Crippen molar-refractivity contribution in [1.82, 2.24) is 15.2 Å². The molecule has 3 rings (SSSR count). The number of rotatable bonds is 5.